The largest absolute Gasteiger partial charge is 0.454 e. The number of amides is 1. The zero-order valence-electron chi connectivity index (χ0n) is 13.2. The number of nitrogens with one attached hydrogen (secondary N) is 1. The minimum atomic E-state index is -0.451. The number of para-hydroxylation sites is 1. The van der Waals surface area contributed by atoms with Crippen LogP contribution in [0, 0.1) is 5.82 Å². The van der Waals surface area contributed by atoms with Crippen LogP contribution >= 0.6 is 0 Å². The SMILES string of the molecule is O=C(NC1(c2ccc(F)cc2)CCCC1)c1cccc2c1OCO2. The van der Waals surface area contributed by atoms with Crippen molar-refractivity contribution in [1.29, 1.82) is 0 Å². The number of carbonyl (C=O) groups is 1. The third-order valence-electron chi connectivity index (χ3n) is 4.85. The summed E-state index contributed by atoms with van der Waals surface area (Å²) in [5, 5.41) is 3.18. The van der Waals surface area contributed by atoms with Crippen LogP contribution < -0.4 is 14.8 Å². The van der Waals surface area contributed by atoms with E-state index in [-0.39, 0.29) is 18.5 Å². The fourth-order valence-electron chi connectivity index (χ4n) is 3.63. The molecule has 2 aromatic carbocycles. The van der Waals surface area contributed by atoms with E-state index in [9.17, 15) is 9.18 Å². The van der Waals surface area contributed by atoms with E-state index in [1.807, 2.05) is 0 Å². The minimum Gasteiger partial charge on any atom is -0.454 e. The highest BCUT2D eigenvalue weighted by Crippen LogP contribution is 2.40. The predicted molar refractivity (Wildman–Crippen MR) is 86.6 cm³/mol. The van der Waals surface area contributed by atoms with E-state index in [0.717, 1.165) is 31.2 Å². The van der Waals surface area contributed by atoms with E-state index in [0.29, 0.717) is 17.1 Å². The summed E-state index contributed by atoms with van der Waals surface area (Å²) < 4.78 is 24.0. The Morgan fingerprint density at radius 2 is 1.79 bits per heavy atom. The average Bonchev–Trinajstić information content (AvgIpc) is 3.24. The van der Waals surface area contributed by atoms with Crippen molar-refractivity contribution < 1.29 is 18.7 Å². The van der Waals surface area contributed by atoms with Crippen LogP contribution in [-0.2, 0) is 5.54 Å². The maximum Gasteiger partial charge on any atom is 0.255 e. The molecule has 1 saturated carbocycles. The zero-order chi connectivity index (χ0) is 16.6. The van der Waals surface area contributed by atoms with Gasteiger partial charge in [-0.05, 0) is 42.7 Å². The van der Waals surface area contributed by atoms with E-state index < -0.39 is 5.54 Å². The standard InChI is InChI=1S/C19H18FNO3/c20-14-8-6-13(7-9-14)19(10-1-2-11-19)21-18(22)15-4-3-5-16-17(15)24-12-23-16/h3-9H,1-2,10-12H2,(H,21,22). The molecule has 1 N–H and O–H groups in total. The first-order chi connectivity index (χ1) is 11.7. The molecule has 1 fully saturated rings. The monoisotopic (exact) mass is 327 g/mol. The summed E-state index contributed by atoms with van der Waals surface area (Å²) >= 11 is 0. The van der Waals surface area contributed by atoms with Crippen LogP contribution in [0.4, 0.5) is 4.39 Å². The van der Waals surface area contributed by atoms with Gasteiger partial charge in [-0.15, -0.1) is 0 Å². The second kappa shape index (κ2) is 5.82. The van der Waals surface area contributed by atoms with Crippen LogP contribution in [0.2, 0.25) is 0 Å². The third-order valence-corrected chi connectivity index (χ3v) is 4.85. The number of rotatable bonds is 3. The first-order valence-electron chi connectivity index (χ1n) is 8.15. The molecule has 0 unspecified atom stereocenters. The molecular formula is C19H18FNO3. The fourth-order valence-corrected chi connectivity index (χ4v) is 3.63. The van der Waals surface area contributed by atoms with Gasteiger partial charge in [-0.1, -0.05) is 31.0 Å². The Hall–Kier alpha value is -2.56. The molecule has 1 amide bonds. The molecule has 0 bridgehead atoms. The van der Waals surface area contributed by atoms with Gasteiger partial charge in [-0.25, -0.2) is 4.39 Å². The first kappa shape index (κ1) is 15.0. The second-order valence-corrected chi connectivity index (χ2v) is 6.29. The van der Waals surface area contributed by atoms with E-state index >= 15 is 0 Å². The Morgan fingerprint density at radius 3 is 2.54 bits per heavy atom. The van der Waals surface area contributed by atoms with E-state index in [2.05, 4.69) is 5.32 Å². The van der Waals surface area contributed by atoms with Gasteiger partial charge in [0.15, 0.2) is 11.5 Å². The number of fused-ring (bicyclic) bond motifs is 1. The molecule has 1 aliphatic carbocycles. The predicted octanol–water partition coefficient (Wildman–Crippen LogP) is 3.75. The summed E-state index contributed by atoms with van der Waals surface area (Å²) in [5.74, 6) is 0.611. The van der Waals surface area contributed by atoms with Gasteiger partial charge in [0.1, 0.15) is 5.82 Å². The molecule has 4 nitrogen and oxygen atoms in total. The van der Waals surface area contributed by atoms with Crippen molar-refractivity contribution in [1.82, 2.24) is 5.32 Å². The number of hydrogen-bond acceptors (Lipinski definition) is 3. The summed E-state index contributed by atoms with van der Waals surface area (Å²) in [7, 11) is 0. The Bertz CT molecular complexity index is 767. The summed E-state index contributed by atoms with van der Waals surface area (Å²) in [4.78, 5) is 12.9. The minimum absolute atomic E-state index is 0.128. The number of hydrogen-bond donors (Lipinski definition) is 1. The van der Waals surface area contributed by atoms with Gasteiger partial charge < -0.3 is 14.8 Å². The molecule has 0 radical (unpaired) electrons. The molecule has 4 rings (SSSR count). The topological polar surface area (TPSA) is 47.6 Å². The Morgan fingerprint density at radius 1 is 1.04 bits per heavy atom. The molecule has 0 aromatic heterocycles. The van der Waals surface area contributed by atoms with Crippen LogP contribution in [0.15, 0.2) is 42.5 Å². The van der Waals surface area contributed by atoms with Crippen molar-refractivity contribution in [3.05, 3.63) is 59.4 Å². The molecule has 2 aliphatic rings. The van der Waals surface area contributed by atoms with Gasteiger partial charge in [0.25, 0.3) is 5.91 Å². The van der Waals surface area contributed by atoms with Gasteiger partial charge >= 0.3 is 0 Å². The quantitative estimate of drug-likeness (QED) is 0.934. The van der Waals surface area contributed by atoms with E-state index in [1.165, 1.54) is 12.1 Å². The number of halogens is 1. The summed E-state index contributed by atoms with van der Waals surface area (Å²) in [5.41, 5.74) is 0.963. The molecule has 2 aromatic rings. The van der Waals surface area contributed by atoms with Gasteiger partial charge in [-0.2, -0.15) is 0 Å². The highest BCUT2D eigenvalue weighted by atomic mass is 19.1. The average molecular weight is 327 g/mol. The van der Waals surface area contributed by atoms with E-state index in [1.54, 1.807) is 30.3 Å². The zero-order valence-corrected chi connectivity index (χ0v) is 13.2. The Balaban J connectivity index is 1.65. The second-order valence-electron chi connectivity index (χ2n) is 6.29. The lowest BCUT2D eigenvalue weighted by Gasteiger charge is -2.31. The van der Waals surface area contributed by atoms with Crippen molar-refractivity contribution in [3.8, 4) is 11.5 Å². The van der Waals surface area contributed by atoms with Crippen LogP contribution in [0.25, 0.3) is 0 Å². The maximum absolute atomic E-state index is 13.3. The van der Waals surface area contributed by atoms with Crippen molar-refractivity contribution in [2.24, 2.45) is 0 Å². The lowest BCUT2D eigenvalue weighted by molar-refractivity contribution is 0.0893. The fraction of sp³-hybridized carbons (Fsp3) is 0.316. The Labute approximate surface area is 139 Å². The Kier molecular flexibility index (Phi) is 3.63. The van der Waals surface area contributed by atoms with Crippen molar-refractivity contribution in [2.75, 3.05) is 6.79 Å². The molecule has 5 heteroatoms. The first-order valence-corrected chi connectivity index (χ1v) is 8.15. The number of carbonyl (C=O) groups excluding carboxylic acids is 1. The van der Waals surface area contributed by atoms with Crippen LogP contribution in [-0.4, -0.2) is 12.7 Å². The highest BCUT2D eigenvalue weighted by Gasteiger charge is 2.38. The molecule has 1 aliphatic heterocycles. The van der Waals surface area contributed by atoms with Gasteiger partial charge in [0, 0.05) is 0 Å². The molecule has 24 heavy (non-hydrogen) atoms. The van der Waals surface area contributed by atoms with E-state index in [4.69, 9.17) is 9.47 Å². The van der Waals surface area contributed by atoms with Crippen molar-refractivity contribution >= 4 is 5.91 Å². The van der Waals surface area contributed by atoms with Crippen molar-refractivity contribution in [3.63, 3.8) is 0 Å². The van der Waals surface area contributed by atoms with Crippen LogP contribution in [0.3, 0.4) is 0 Å². The maximum atomic E-state index is 13.3. The lowest BCUT2D eigenvalue weighted by Crippen LogP contribution is -2.43. The summed E-state index contributed by atoms with van der Waals surface area (Å²) in [6.07, 6.45) is 3.75. The number of ether oxygens (including phenoxy) is 2. The molecule has 0 saturated heterocycles. The van der Waals surface area contributed by atoms with Crippen LogP contribution in [0.5, 0.6) is 11.5 Å². The lowest BCUT2D eigenvalue weighted by atomic mass is 9.87. The molecule has 124 valence electrons. The smallest absolute Gasteiger partial charge is 0.255 e. The van der Waals surface area contributed by atoms with Crippen molar-refractivity contribution in [2.45, 2.75) is 31.2 Å². The molecule has 0 spiro atoms. The molecule has 0 atom stereocenters. The van der Waals surface area contributed by atoms with Gasteiger partial charge in [-0.3, -0.25) is 4.79 Å². The third kappa shape index (κ3) is 2.50. The highest BCUT2D eigenvalue weighted by molar-refractivity contribution is 5.98. The van der Waals surface area contributed by atoms with Crippen LogP contribution in [0.1, 0.15) is 41.6 Å². The normalized spacial score (nSPS) is 17.7. The summed E-state index contributed by atoms with van der Waals surface area (Å²) in [6, 6.07) is 11.7. The van der Waals surface area contributed by atoms with Gasteiger partial charge in [0.05, 0.1) is 11.1 Å². The molecule has 1 heterocycles. The summed E-state index contributed by atoms with van der Waals surface area (Å²) in [6.45, 7) is 0.128. The van der Waals surface area contributed by atoms with Gasteiger partial charge in [0.2, 0.25) is 6.79 Å². The molecular weight excluding hydrogens is 309 g/mol. The number of benzene rings is 2.